The van der Waals surface area contributed by atoms with Gasteiger partial charge in [-0.2, -0.15) is 0 Å². The van der Waals surface area contributed by atoms with E-state index in [1.807, 2.05) is 36.4 Å². The second-order valence-corrected chi connectivity index (χ2v) is 6.28. The van der Waals surface area contributed by atoms with Crippen molar-refractivity contribution in [3.05, 3.63) is 56.5 Å². The molecule has 0 fully saturated rings. The summed E-state index contributed by atoms with van der Waals surface area (Å²) in [5.41, 5.74) is 1.79. The second kappa shape index (κ2) is 7.92. The Labute approximate surface area is 143 Å². The van der Waals surface area contributed by atoms with E-state index in [-0.39, 0.29) is 0 Å². The van der Waals surface area contributed by atoms with Crippen LogP contribution in [0.15, 0.2) is 40.9 Å². The number of ether oxygens (including phenoxy) is 1. The van der Waals surface area contributed by atoms with Crippen molar-refractivity contribution in [1.29, 1.82) is 0 Å². The zero-order valence-corrected chi connectivity index (χ0v) is 14.7. The van der Waals surface area contributed by atoms with E-state index >= 15 is 0 Å². The summed E-state index contributed by atoms with van der Waals surface area (Å²) < 4.78 is 6.77. The van der Waals surface area contributed by atoms with Crippen LogP contribution in [0.4, 0.5) is 5.69 Å². The summed E-state index contributed by atoms with van der Waals surface area (Å²) >= 11 is 15.8. The van der Waals surface area contributed by atoms with E-state index in [0.717, 1.165) is 27.9 Å². The van der Waals surface area contributed by atoms with Crippen molar-refractivity contribution in [2.75, 3.05) is 11.9 Å². The van der Waals surface area contributed by atoms with Crippen LogP contribution in [0, 0.1) is 0 Å². The van der Waals surface area contributed by atoms with E-state index in [2.05, 4.69) is 28.2 Å². The Bertz CT molecular complexity index is 599. The maximum absolute atomic E-state index is 6.16. The summed E-state index contributed by atoms with van der Waals surface area (Å²) in [5, 5.41) is 4.49. The number of para-hydroxylation sites is 1. The summed E-state index contributed by atoms with van der Waals surface area (Å²) in [6.45, 7) is 3.36. The number of hydrogen-bond donors (Lipinski definition) is 1. The summed E-state index contributed by atoms with van der Waals surface area (Å²) in [5.74, 6) is 0.871. The third-order valence-corrected chi connectivity index (χ3v) is 4.03. The molecule has 0 atom stereocenters. The zero-order valence-electron chi connectivity index (χ0n) is 11.6. The van der Waals surface area contributed by atoms with Gasteiger partial charge in [-0.25, -0.2) is 0 Å². The molecule has 0 spiro atoms. The van der Waals surface area contributed by atoms with E-state index in [1.165, 1.54) is 0 Å². The van der Waals surface area contributed by atoms with Crippen molar-refractivity contribution in [3.8, 4) is 5.75 Å². The maximum atomic E-state index is 6.16. The van der Waals surface area contributed by atoms with Crippen molar-refractivity contribution in [2.45, 2.75) is 19.9 Å². The molecule has 0 heterocycles. The lowest BCUT2D eigenvalue weighted by Crippen LogP contribution is -2.05. The highest BCUT2D eigenvalue weighted by molar-refractivity contribution is 9.10. The monoisotopic (exact) mass is 387 g/mol. The highest BCUT2D eigenvalue weighted by Crippen LogP contribution is 2.31. The second-order valence-electron chi connectivity index (χ2n) is 4.55. The summed E-state index contributed by atoms with van der Waals surface area (Å²) in [6, 6.07) is 11.4. The molecule has 2 aromatic carbocycles. The summed E-state index contributed by atoms with van der Waals surface area (Å²) in [6.07, 6.45) is 0.972. The fourth-order valence-electron chi connectivity index (χ4n) is 1.89. The van der Waals surface area contributed by atoms with Crippen molar-refractivity contribution in [2.24, 2.45) is 0 Å². The third kappa shape index (κ3) is 4.53. The average molecular weight is 389 g/mol. The summed E-state index contributed by atoms with van der Waals surface area (Å²) in [7, 11) is 0. The number of rotatable bonds is 6. The number of halogens is 3. The maximum Gasteiger partial charge on any atom is 0.124 e. The van der Waals surface area contributed by atoms with Crippen LogP contribution in [0.5, 0.6) is 5.75 Å². The predicted molar refractivity (Wildman–Crippen MR) is 93.7 cm³/mol. The fraction of sp³-hybridized carbons (Fsp3) is 0.250. The van der Waals surface area contributed by atoms with Crippen molar-refractivity contribution < 1.29 is 4.74 Å². The first-order chi connectivity index (χ1) is 10.1. The van der Waals surface area contributed by atoms with Crippen LogP contribution >= 0.6 is 39.1 Å². The Morgan fingerprint density at radius 2 is 1.86 bits per heavy atom. The molecule has 0 saturated heterocycles. The van der Waals surface area contributed by atoms with Crippen LogP contribution in [-0.2, 0) is 6.54 Å². The minimum Gasteiger partial charge on any atom is -0.493 e. The largest absolute Gasteiger partial charge is 0.493 e. The minimum atomic E-state index is 0.585. The Balaban J connectivity index is 2.17. The Hall–Kier alpha value is -0.900. The molecular formula is C16H16BrCl2NO. The fourth-order valence-corrected chi connectivity index (χ4v) is 2.83. The van der Waals surface area contributed by atoms with E-state index in [4.69, 9.17) is 27.9 Å². The van der Waals surface area contributed by atoms with Crippen LogP contribution in [0.1, 0.15) is 18.9 Å². The van der Waals surface area contributed by atoms with Gasteiger partial charge in [-0.15, -0.1) is 0 Å². The highest BCUT2D eigenvalue weighted by Gasteiger charge is 2.08. The topological polar surface area (TPSA) is 21.3 Å². The first-order valence-corrected chi connectivity index (χ1v) is 8.25. The van der Waals surface area contributed by atoms with Crippen molar-refractivity contribution >= 4 is 44.8 Å². The van der Waals surface area contributed by atoms with Gasteiger partial charge in [-0.1, -0.05) is 52.1 Å². The lowest BCUT2D eigenvalue weighted by atomic mass is 10.2. The zero-order chi connectivity index (χ0) is 15.2. The van der Waals surface area contributed by atoms with E-state index in [1.54, 1.807) is 0 Å². The lowest BCUT2D eigenvalue weighted by molar-refractivity contribution is 0.314. The smallest absolute Gasteiger partial charge is 0.124 e. The Kier molecular flexibility index (Phi) is 6.22. The van der Waals surface area contributed by atoms with Gasteiger partial charge in [0.05, 0.1) is 22.3 Å². The molecule has 0 aliphatic carbocycles. The molecule has 2 rings (SSSR count). The van der Waals surface area contributed by atoms with Gasteiger partial charge in [0.1, 0.15) is 5.75 Å². The molecular weight excluding hydrogens is 373 g/mol. The number of anilines is 1. The van der Waals surface area contributed by atoms with Gasteiger partial charge in [-0.05, 0) is 36.8 Å². The van der Waals surface area contributed by atoms with Crippen LogP contribution in [0.2, 0.25) is 10.0 Å². The average Bonchev–Trinajstić information content (AvgIpc) is 2.46. The van der Waals surface area contributed by atoms with Gasteiger partial charge in [0.25, 0.3) is 0 Å². The van der Waals surface area contributed by atoms with Gasteiger partial charge in [-0.3, -0.25) is 0 Å². The molecule has 0 saturated carbocycles. The quantitative estimate of drug-likeness (QED) is 0.639. The Morgan fingerprint density at radius 3 is 2.52 bits per heavy atom. The highest BCUT2D eigenvalue weighted by atomic mass is 79.9. The predicted octanol–water partition coefficient (Wildman–Crippen LogP) is 6.16. The van der Waals surface area contributed by atoms with Gasteiger partial charge >= 0.3 is 0 Å². The van der Waals surface area contributed by atoms with E-state index in [0.29, 0.717) is 23.2 Å². The standard InChI is InChI=1S/C16H16BrCl2NO/c1-2-8-21-15-7-6-12(17)9-11(15)10-20-16-13(18)4-3-5-14(16)19/h3-7,9,20H,2,8,10H2,1H3. The van der Waals surface area contributed by atoms with Gasteiger partial charge in [0, 0.05) is 16.6 Å². The minimum absolute atomic E-state index is 0.585. The first kappa shape index (κ1) is 16.5. The molecule has 0 radical (unpaired) electrons. The molecule has 0 aliphatic rings. The molecule has 2 aromatic rings. The van der Waals surface area contributed by atoms with Crippen LogP contribution in [-0.4, -0.2) is 6.61 Å². The molecule has 2 nitrogen and oxygen atoms in total. The lowest BCUT2D eigenvalue weighted by Gasteiger charge is -2.14. The van der Waals surface area contributed by atoms with Gasteiger partial charge in [0.2, 0.25) is 0 Å². The van der Waals surface area contributed by atoms with Crippen molar-refractivity contribution in [1.82, 2.24) is 0 Å². The molecule has 5 heteroatoms. The molecule has 112 valence electrons. The Morgan fingerprint density at radius 1 is 1.14 bits per heavy atom. The number of benzene rings is 2. The summed E-state index contributed by atoms with van der Waals surface area (Å²) in [4.78, 5) is 0. The third-order valence-electron chi connectivity index (χ3n) is 2.90. The SMILES string of the molecule is CCCOc1ccc(Br)cc1CNc1c(Cl)cccc1Cl. The normalized spacial score (nSPS) is 10.5. The molecule has 0 unspecified atom stereocenters. The molecule has 0 bridgehead atoms. The van der Waals surface area contributed by atoms with Gasteiger partial charge in [0.15, 0.2) is 0 Å². The molecule has 0 amide bonds. The number of hydrogen-bond acceptors (Lipinski definition) is 2. The molecule has 21 heavy (non-hydrogen) atoms. The van der Waals surface area contributed by atoms with E-state index < -0.39 is 0 Å². The molecule has 0 aliphatic heterocycles. The van der Waals surface area contributed by atoms with Crippen LogP contribution < -0.4 is 10.1 Å². The van der Waals surface area contributed by atoms with Crippen LogP contribution in [0.3, 0.4) is 0 Å². The van der Waals surface area contributed by atoms with Gasteiger partial charge < -0.3 is 10.1 Å². The first-order valence-electron chi connectivity index (χ1n) is 6.71. The molecule has 1 N–H and O–H groups in total. The van der Waals surface area contributed by atoms with E-state index in [9.17, 15) is 0 Å². The molecule has 0 aromatic heterocycles. The van der Waals surface area contributed by atoms with Crippen LogP contribution in [0.25, 0.3) is 0 Å². The van der Waals surface area contributed by atoms with Crippen molar-refractivity contribution in [3.63, 3.8) is 0 Å². The number of nitrogens with one attached hydrogen (secondary N) is 1.